The van der Waals surface area contributed by atoms with Crippen LogP contribution in [-0.2, 0) is 9.53 Å². The van der Waals surface area contributed by atoms with Crippen molar-refractivity contribution in [1.29, 1.82) is 0 Å². The average Bonchev–Trinajstić information content (AvgIpc) is 1.97. The third-order valence-electron chi connectivity index (χ3n) is 4.23. The van der Waals surface area contributed by atoms with Gasteiger partial charge in [0.25, 0.3) is 6.47 Å². The lowest BCUT2D eigenvalue weighted by atomic mass is 9.54. The Bertz CT molecular complexity index is 262. The minimum Gasteiger partial charge on any atom is -0.461 e. The van der Waals surface area contributed by atoms with Crippen molar-refractivity contribution in [3.8, 4) is 0 Å². The molecule has 0 spiro atoms. The van der Waals surface area contributed by atoms with Crippen LogP contribution in [0.4, 0.5) is 0 Å². The van der Waals surface area contributed by atoms with Gasteiger partial charge in [0, 0.05) is 11.3 Å². The molecular weight excluding hydrogens is 200 g/mol. The molecule has 0 radical (unpaired) electrons. The van der Waals surface area contributed by atoms with Gasteiger partial charge < -0.3 is 4.74 Å². The maximum absolute atomic E-state index is 10.5. The highest BCUT2D eigenvalue weighted by Gasteiger charge is 2.58. The summed E-state index contributed by atoms with van der Waals surface area (Å²) in [5.74, 6) is 1.40. The Labute approximate surface area is 88.9 Å². The molecule has 4 rings (SSSR count). The molecule has 0 amide bonds. The average molecular weight is 215 g/mol. The number of ether oxygens (including phenoxy) is 1. The van der Waals surface area contributed by atoms with Gasteiger partial charge in [0.05, 0.1) is 0 Å². The van der Waals surface area contributed by atoms with Crippen LogP contribution in [-0.4, -0.2) is 16.9 Å². The highest BCUT2D eigenvalue weighted by molar-refractivity contribution is 6.24. The molecule has 0 aliphatic heterocycles. The third-order valence-corrected chi connectivity index (χ3v) is 4.68. The van der Waals surface area contributed by atoms with Crippen LogP contribution in [0.1, 0.15) is 38.5 Å². The molecule has 0 aromatic heterocycles. The molecule has 4 saturated carbocycles. The van der Waals surface area contributed by atoms with E-state index < -0.39 is 0 Å². The van der Waals surface area contributed by atoms with E-state index in [9.17, 15) is 4.79 Å². The molecule has 0 aromatic rings. The molecule has 3 heteroatoms. The van der Waals surface area contributed by atoms with Gasteiger partial charge in [-0.25, -0.2) is 0 Å². The number of halogens is 1. The fourth-order valence-electron chi connectivity index (χ4n) is 4.31. The fourth-order valence-corrected chi connectivity index (χ4v) is 4.99. The molecule has 4 aliphatic carbocycles. The van der Waals surface area contributed by atoms with E-state index in [1.807, 2.05) is 0 Å². The number of carbonyl (C=O) groups is 1. The second kappa shape index (κ2) is 2.66. The van der Waals surface area contributed by atoms with Gasteiger partial charge in [-0.1, -0.05) is 0 Å². The summed E-state index contributed by atoms with van der Waals surface area (Å²) < 4.78 is 5.34. The molecular formula is C11H15ClO2. The van der Waals surface area contributed by atoms with E-state index in [-0.39, 0.29) is 10.5 Å². The van der Waals surface area contributed by atoms with Crippen molar-refractivity contribution < 1.29 is 9.53 Å². The zero-order valence-corrected chi connectivity index (χ0v) is 8.93. The van der Waals surface area contributed by atoms with E-state index >= 15 is 0 Å². The highest BCUT2D eigenvalue weighted by atomic mass is 35.5. The van der Waals surface area contributed by atoms with Crippen LogP contribution in [0.5, 0.6) is 0 Å². The van der Waals surface area contributed by atoms with Crippen molar-refractivity contribution in [1.82, 2.24) is 0 Å². The molecule has 2 unspecified atom stereocenters. The molecule has 0 aromatic carbocycles. The van der Waals surface area contributed by atoms with Gasteiger partial charge in [-0.3, -0.25) is 4.79 Å². The minimum absolute atomic E-state index is 0.0485. The summed E-state index contributed by atoms with van der Waals surface area (Å²) in [5, 5.41) is 0. The molecule has 4 aliphatic rings. The molecule has 2 atom stereocenters. The SMILES string of the molecule is O=COC12CC3CC(CC(Cl)(C3)C1)C2. The van der Waals surface area contributed by atoms with Gasteiger partial charge in [-0.15, -0.1) is 11.6 Å². The van der Waals surface area contributed by atoms with Gasteiger partial charge in [0.2, 0.25) is 0 Å². The molecule has 4 bridgehead atoms. The number of rotatable bonds is 2. The van der Waals surface area contributed by atoms with E-state index in [4.69, 9.17) is 16.3 Å². The van der Waals surface area contributed by atoms with E-state index in [0.29, 0.717) is 18.3 Å². The number of carbonyl (C=O) groups excluding carboxylic acids is 1. The van der Waals surface area contributed by atoms with Crippen LogP contribution in [0, 0.1) is 11.8 Å². The molecule has 0 N–H and O–H groups in total. The first-order valence-corrected chi connectivity index (χ1v) is 5.81. The van der Waals surface area contributed by atoms with E-state index in [2.05, 4.69) is 0 Å². The Morgan fingerprint density at radius 2 is 1.86 bits per heavy atom. The number of hydrogen-bond donors (Lipinski definition) is 0. The fraction of sp³-hybridized carbons (Fsp3) is 0.909. The van der Waals surface area contributed by atoms with Crippen LogP contribution < -0.4 is 0 Å². The van der Waals surface area contributed by atoms with Gasteiger partial charge in [0.1, 0.15) is 5.60 Å². The summed E-state index contributed by atoms with van der Waals surface area (Å²) in [4.78, 5) is 10.5. The van der Waals surface area contributed by atoms with Gasteiger partial charge in [-0.2, -0.15) is 0 Å². The smallest absolute Gasteiger partial charge is 0.293 e. The predicted molar refractivity (Wildman–Crippen MR) is 53.1 cm³/mol. The standard InChI is InChI=1S/C11H15ClO2/c12-10-2-8-1-9(3-10)5-11(4-8,6-10)14-7-13/h7-9H,1-6H2. The van der Waals surface area contributed by atoms with Gasteiger partial charge in [0.15, 0.2) is 0 Å². The summed E-state index contributed by atoms with van der Waals surface area (Å²) in [7, 11) is 0. The molecule has 0 saturated heterocycles. The molecule has 4 fully saturated rings. The normalized spacial score (nSPS) is 54.6. The van der Waals surface area contributed by atoms with Crippen molar-refractivity contribution in [2.24, 2.45) is 11.8 Å². The zero-order valence-electron chi connectivity index (χ0n) is 8.17. The van der Waals surface area contributed by atoms with E-state index in [1.165, 1.54) is 6.42 Å². The molecule has 78 valence electrons. The van der Waals surface area contributed by atoms with E-state index in [0.717, 1.165) is 32.1 Å². The topological polar surface area (TPSA) is 26.3 Å². The molecule has 2 nitrogen and oxygen atoms in total. The second-order valence-corrected chi connectivity index (χ2v) is 6.31. The summed E-state index contributed by atoms with van der Waals surface area (Å²) in [6.45, 7) is 0.618. The first-order chi connectivity index (χ1) is 6.63. The predicted octanol–water partition coefficient (Wildman–Crippen LogP) is 2.49. The lowest BCUT2D eigenvalue weighted by Gasteiger charge is -2.58. The monoisotopic (exact) mass is 214 g/mol. The Morgan fingerprint density at radius 1 is 1.21 bits per heavy atom. The summed E-state index contributed by atoms with van der Waals surface area (Å²) in [5.41, 5.74) is -0.187. The lowest BCUT2D eigenvalue weighted by molar-refractivity contribution is -0.169. The first-order valence-electron chi connectivity index (χ1n) is 5.44. The Kier molecular flexibility index (Phi) is 1.71. The summed E-state index contributed by atoms with van der Waals surface area (Å²) in [6, 6.07) is 0. The van der Waals surface area contributed by atoms with Crippen molar-refractivity contribution in [2.75, 3.05) is 0 Å². The van der Waals surface area contributed by atoms with Crippen LogP contribution in [0.15, 0.2) is 0 Å². The van der Waals surface area contributed by atoms with Crippen LogP contribution in [0.3, 0.4) is 0 Å². The zero-order chi connectivity index (χ0) is 9.81. The van der Waals surface area contributed by atoms with Crippen LogP contribution in [0.2, 0.25) is 0 Å². The molecule has 14 heavy (non-hydrogen) atoms. The highest BCUT2D eigenvalue weighted by Crippen LogP contribution is 2.60. The minimum atomic E-state index is -0.187. The second-order valence-electron chi connectivity index (χ2n) is 5.51. The summed E-state index contributed by atoms with van der Waals surface area (Å²) in [6.07, 6.45) is 6.56. The Morgan fingerprint density at radius 3 is 2.36 bits per heavy atom. The Balaban J connectivity index is 1.92. The van der Waals surface area contributed by atoms with Gasteiger partial charge >= 0.3 is 0 Å². The van der Waals surface area contributed by atoms with Crippen LogP contribution in [0.25, 0.3) is 0 Å². The molecule has 0 heterocycles. The maximum Gasteiger partial charge on any atom is 0.293 e. The summed E-state index contributed by atoms with van der Waals surface area (Å²) >= 11 is 6.56. The third kappa shape index (κ3) is 1.19. The van der Waals surface area contributed by atoms with Crippen molar-refractivity contribution in [2.45, 2.75) is 49.0 Å². The van der Waals surface area contributed by atoms with Crippen molar-refractivity contribution in [3.05, 3.63) is 0 Å². The maximum atomic E-state index is 10.5. The number of hydrogen-bond acceptors (Lipinski definition) is 2. The quantitative estimate of drug-likeness (QED) is 0.522. The van der Waals surface area contributed by atoms with Crippen molar-refractivity contribution in [3.63, 3.8) is 0 Å². The Hall–Kier alpha value is -0.240. The van der Waals surface area contributed by atoms with Gasteiger partial charge in [-0.05, 0) is 43.9 Å². The lowest BCUT2D eigenvalue weighted by Crippen LogP contribution is -2.57. The first kappa shape index (κ1) is 9.02. The largest absolute Gasteiger partial charge is 0.461 e. The van der Waals surface area contributed by atoms with E-state index in [1.54, 1.807) is 0 Å². The van der Waals surface area contributed by atoms with Crippen molar-refractivity contribution >= 4 is 18.1 Å². The number of alkyl halides is 1. The van der Waals surface area contributed by atoms with Crippen LogP contribution >= 0.6 is 11.6 Å².